The van der Waals surface area contributed by atoms with E-state index in [1.54, 1.807) is 37.1 Å². The predicted molar refractivity (Wildman–Crippen MR) is 102 cm³/mol. The molecule has 131 valence electrons. The van der Waals surface area contributed by atoms with E-state index in [-0.39, 0.29) is 5.91 Å². The number of nitrogens with two attached hydrogens (primary N) is 1. The third-order valence-electron chi connectivity index (χ3n) is 3.71. The van der Waals surface area contributed by atoms with Crippen LogP contribution in [0.2, 0.25) is 0 Å². The van der Waals surface area contributed by atoms with E-state index in [0.717, 1.165) is 16.0 Å². The van der Waals surface area contributed by atoms with Crippen molar-refractivity contribution in [1.29, 1.82) is 0 Å². The summed E-state index contributed by atoms with van der Waals surface area (Å²) in [7, 11) is 0. The fraction of sp³-hybridized carbons (Fsp3) is 0.105. The van der Waals surface area contributed by atoms with Crippen LogP contribution in [0, 0.1) is 6.42 Å². The van der Waals surface area contributed by atoms with Gasteiger partial charge in [0, 0.05) is 29.7 Å². The largest absolute Gasteiger partial charge is 0.366 e. The number of rotatable bonds is 7. The lowest BCUT2D eigenvalue weighted by Crippen LogP contribution is -2.15. The maximum atomic E-state index is 12.1. The molecule has 0 aliphatic heterocycles. The third kappa shape index (κ3) is 4.52. The first-order valence-electron chi connectivity index (χ1n) is 8.01. The molecule has 0 spiro atoms. The molecule has 3 aromatic rings. The van der Waals surface area contributed by atoms with Crippen LogP contribution in [0.1, 0.15) is 22.3 Å². The zero-order chi connectivity index (χ0) is 18.4. The van der Waals surface area contributed by atoms with Crippen LogP contribution in [0.4, 0.5) is 5.13 Å². The molecule has 0 bridgehead atoms. The number of nitrogens with zero attached hydrogens (tertiary/aromatic N) is 2. The minimum absolute atomic E-state index is 0.228. The van der Waals surface area contributed by atoms with Crippen LogP contribution in [0.5, 0.6) is 0 Å². The number of primary amides is 1. The van der Waals surface area contributed by atoms with Gasteiger partial charge in [0.05, 0.1) is 11.3 Å². The number of hydrogen-bond acceptors (Lipinski definition) is 5. The van der Waals surface area contributed by atoms with Crippen LogP contribution < -0.4 is 11.1 Å². The van der Waals surface area contributed by atoms with Gasteiger partial charge in [0.1, 0.15) is 0 Å². The van der Waals surface area contributed by atoms with E-state index in [9.17, 15) is 9.59 Å². The number of carbonyl (C=O) groups excluding carboxylic acids is 2. The summed E-state index contributed by atoms with van der Waals surface area (Å²) in [6.07, 6.45) is 7.77. The summed E-state index contributed by atoms with van der Waals surface area (Å²) in [6.45, 7) is 0. The Balaban J connectivity index is 1.52. The molecule has 1 radical (unpaired) electrons. The molecule has 1 aromatic carbocycles. The number of amides is 2. The molecule has 0 aliphatic rings. The van der Waals surface area contributed by atoms with Gasteiger partial charge in [0.15, 0.2) is 5.13 Å². The first-order valence-corrected chi connectivity index (χ1v) is 8.83. The van der Waals surface area contributed by atoms with Crippen molar-refractivity contribution < 1.29 is 9.59 Å². The number of aromatic nitrogens is 2. The molecule has 0 unspecified atom stereocenters. The van der Waals surface area contributed by atoms with Crippen LogP contribution in [-0.4, -0.2) is 21.8 Å². The molecule has 2 amide bonds. The van der Waals surface area contributed by atoms with E-state index in [2.05, 4.69) is 15.3 Å². The molecule has 6 nitrogen and oxygen atoms in total. The molecular formula is C19H17N4O2S. The summed E-state index contributed by atoms with van der Waals surface area (Å²) < 4.78 is 0. The number of anilines is 1. The van der Waals surface area contributed by atoms with Gasteiger partial charge in [0.2, 0.25) is 11.8 Å². The van der Waals surface area contributed by atoms with E-state index in [1.807, 2.05) is 24.3 Å². The second-order valence-electron chi connectivity index (χ2n) is 5.52. The van der Waals surface area contributed by atoms with Crippen LogP contribution in [0.15, 0.2) is 55.0 Å². The van der Waals surface area contributed by atoms with Crippen molar-refractivity contribution in [2.45, 2.75) is 12.8 Å². The smallest absolute Gasteiger partial charge is 0.248 e. The van der Waals surface area contributed by atoms with Crippen LogP contribution in [0.25, 0.3) is 10.4 Å². The van der Waals surface area contributed by atoms with Crippen LogP contribution >= 0.6 is 11.3 Å². The summed E-state index contributed by atoms with van der Waals surface area (Å²) >= 11 is 1.39. The van der Waals surface area contributed by atoms with Gasteiger partial charge in [-0.15, -0.1) is 0 Å². The average molecular weight is 365 g/mol. The highest BCUT2D eigenvalue weighted by Crippen LogP contribution is 2.28. The molecule has 0 atom stereocenters. The summed E-state index contributed by atoms with van der Waals surface area (Å²) in [5.41, 5.74) is 7.63. The molecule has 2 aromatic heterocycles. The topological polar surface area (TPSA) is 98.0 Å². The first-order chi connectivity index (χ1) is 12.6. The lowest BCUT2D eigenvalue weighted by atomic mass is 10.0. The van der Waals surface area contributed by atoms with Crippen molar-refractivity contribution >= 4 is 28.3 Å². The standard InChI is InChI=1S/C19H17N4O2S/c20-18(25)15-8-2-1-5-13(15)6-3-9-17(24)23-19-22-12-16(26-19)14-7-4-10-21-11-14/h1-2,4-5,7-12H,3,6H2,(H2,20,25)(H,22,23,24). The van der Waals surface area contributed by atoms with Crippen molar-refractivity contribution in [3.63, 3.8) is 0 Å². The minimum atomic E-state index is -0.462. The predicted octanol–water partition coefficient (Wildman–Crippen LogP) is 3.08. The molecular weight excluding hydrogens is 348 g/mol. The Morgan fingerprint density at radius 3 is 2.77 bits per heavy atom. The molecule has 0 fully saturated rings. The Kier molecular flexibility index (Phi) is 5.70. The van der Waals surface area contributed by atoms with Crippen molar-refractivity contribution in [2.75, 3.05) is 5.32 Å². The third-order valence-corrected chi connectivity index (χ3v) is 4.67. The minimum Gasteiger partial charge on any atom is -0.366 e. The van der Waals surface area contributed by atoms with Gasteiger partial charge in [-0.2, -0.15) is 0 Å². The summed E-state index contributed by atoms with van der Waals surface area (Å²) in [5.74, 6) is -0.690. The maximum Gasteiger partial charge on any atom is 0.248 e. The van der Waals surface area contributed by atoms with Crippen molar-refractivity contribution in [3.8, 4) is 10.4 Å². The Hall–Kier alpha value is -3.06. The Morgan fingerprint density at radius 1 is 1.15 bits per heavy atom. The Bertz CT molecular complexity index is 909. The number of aryl methyl sites for hydroxylation is 1. The monoisotopic (exact) mass is 365 g/mol. The fourth-order valence-electron chi connectivity index (χ4n) is 2.47. The second kappa shape index (κ2) is 8.35. The molecule has 7 heteroatoms. The SMILES string of the molecule is NC(=O)c1ccccc1CC[CH]C(=O)Nc1ncc(-c2cccnc2)s1. The molecule has 3 rings (SSSR count). The average Bonchev–Trinajstić information content (AvgIpc) is 3.11. The van der Waals surface area contributed by atoms with Crippen LogP contribution in [-0.2, 0) is 11.2 Å². The first kappa shape index (κ1) is 17.8. The molecule has 26 heavy (non-hydrogen) atoms. The van der Waals surface area contributed by atoms with Crippen molar-refractivity contribution in [2.24, 2.45) is 5.73 Å². The number of carbonyl (C=O) groups is 2. The van der Waals surface area contributed by atoms with Gasteiger partial charge < -0.3 is 11.1 Å². The van der Waals surface area contributed by atoms with Gasteiger partial charge in [-0.25, -0.2) is 4.98 Å². The molecule has 2 heterocycles. The Labute approximate surface area is 155 Å². The number of nitrogens with one attached hydrogen (secondary N) is 1. The quantitative estimate of drug-likeness (QED) is 0.672. The van der Waals surface area contributed by atoms with E-state index in [1.165, 1.54) is 11.3 Å². The van der Waals surface area contributed by atoms with Gasteiger partial charge in [-0.05, 0) is 30.5 Å². The number of thiazole rings is 1. The number of hydrogen-bond donors (Lipinski definition) is 2. The summed E-state index contributed by atoms with van der Waals surface area (Å²) in [6, 6.07) is 10.9. The summed E-state index contributed by atoms with van der Waals surface area (Å²) in [4.78, 5) is 32.7. The molecule has 0 saturated carbocycles. The lowest BCUT2D eigenvalue weighted by Gasteiger charge is -2.06. The highest BCUT2D eigenvalue weighted by atomic mass is 32.1. The van der Waals surface area contributed by atoms with Crippen molar-refractivity contribution in [1.82, 2.24) is 9.97 Å². The van der Waals surface area contributed by atoms with E-state index in [4.69, 9.17) is 5.73 Å². The molecule has 3 N–H and O–H groups in total. The Morgan fingerprint density at radius 2 is 2.00 bits per heavy atom. The van der Waals surface area contributed by atoms with Gasteiger partial charge >= 0.3 is 0 Å². The van der Waals surface area contributed by atoms with Gasteiger partial charge in [0.25, 0.3) is 0 Å². The van der Waals surface area contributed by atoms with Gasteiger partial charge in [-0.3, -0.25) is 14.6 Å². The highest BCUT2D eigenvalue weighted by molar-refractivity contribution is 7.19. The maximum absolute atomic E-state index is 12.1. The van der Waals surface area contributed by atoms with Gasteiger partial charge in [-0.1, -0.05) is 35.6 Å². The van der Waals surface area contributed by atoms with Crippen molar-refractivity contribution in [3.05, 3.63) is 72.5 Å². The van der Waals surface area contributed by atoms with Crippen LogP contribution in [0.3, 0.4) is 0 Å². The number of pyridine rings is 1. The zero-order valence-electron chi connectivity index (χ0n) is 13.9. The zero-order valence-corrected chi connectivity index (χ0v) is 14.7. The molecule has 0 aliphatic carbocycles. The van der Waals surface area contributed by atoms with E-state index < -0.39 is 5.91 Å². The van der Waals surface area contributed by atoms with E-state index >= 15 is 0 Å². The van der Waals surface area contributed by atoms with E-state index in [0.29, 0.717) is 23.5 Å². The molecule has 0 saturated heterocycles. The highest BCUT2D eigenvalue weighted by Gasteiger charge is 2.10. The summed E-state index contributed by atoms with van der Waals surface area (Å²) in [5, 5.41) is 3.29. The fourth-order valence-corrected chi connectivity index (χ4v) is 3.28. The normalized spacial score (nSPS) is 10.5. The lowest BCUT2D eigenvalue weighted by molar-refractivity contribution is -0.113. The number of benzene rings is 1. The second-order valence-corrected chi connectivity index (χ2v) is 6.56.